The van der Waals surface area contributed by atoms with E-state index >= 15 is 0 Å². The fraction of sp³-hybridized carbons (Fsp3) is 0.0556. The maximum Gasteiger partial charge on any atom is 0.137 e. The van der Waals surface area contributed by atoms with Gasteiger partial charge in [-0.25, -0.2) is 9.67 Å². The van der Waals surface area contributed by atoms with Crippen LogP contribution in [-0.4, -0.2) is 19.7 Å². The Bertz CT molecular complexity index is 945. The molecule has 4 rings (SSSR count). The predicted octanol–water partition coefficient (Wildman–Crippen LogP) is 4.12. The molecule has 5 heteroatoms. The molecule has 0 aliphatic carbocycles. The van der Waals surface area contributed by atoms with Crippen LogP contribution in [0.5, 0.6) is 0 Å². The van der Waals surface area contributed by atoms with E-state index in [0.717, 1.165) is 22.0 Å². The molecule has 23 heavy (non-hydrogen) atoms. The Labute approximate surface area is 138 Å². The third-order valence-electron chi connectivity index (χ3n) is 3.84. The van der Waals surface area contributed by atoms with E-state index in [1.165, 1.54) is 0 Å². The van der Waals surface area contributed by atoms with Crippen molar-refractivity contribution < 1.29 is 0 Å². The lowest BCUT2D eigenvalue weighted by Gasteiger charge is -2.20. The van der Waals surface area contributed by atoms with Crippen LogP contribution in [0.25, 0.3) is 10.9 Å². The molecule has 0 radical (unpaired) electrons. The van der Waals surface area contributed by atoms with Crippen molar-refractivity contribution in [1.29, 1.82) is 0 Å². The summed E-state index contributed by atoms with van der Waals surface area (Å²) >= 11 is 6.20. The van der Waals surface area contributed by atoms with Crippen molar-refractivity contribution in [3.63, 3.8) is 0 Å². The zero-order valence-electron chi connectivity index (χ0n) is 12.2. The molecule has 4 aromatic rings. The van der Waals surface area contributed by atoms with Gasteiger partial charge in [0.25, 0.3) is 0 Å². The maximum absolute atomic E-state index is 6.20. The van der Waals surface area contributed by atoms with Gasteiger partial charge in [0.1, 0.15) is 18.7 Å². The predicted molar refractivity (Wildman–Crippen MR) is 90.5 cm³/mol. The van der Waals surface area contributed by atoms with Gasteiger partial charge in [-0.05, 0) is 35.4 Å². The van der Waals surface area contributed by atoms with Crippen LogP contribution in [0.2, 0.25) is 5.02 Å². The summed E-state index contributed by atoms with van der Waals surface area (Å²) in [7, 11) is 0. The van der Waals surface area contributed by atoms with Gasteiger partial charge in [-0.1, -0.05) is 41.9 Å². The molecule has 2 aromatic carbocycles. The highest BCUT2D eigenvalue weighted by atomic mass is 35.5. The van der Waals surface area contributed by atoms with Gasteiger partial charge in [-0.15, -0.1) is 0 Å². The van der Waals surface area contributed by atoms with Crippen LogP contribution in [0.15, 0.2) is 73.4 Å². The van der Waals surface area contributed by atoms with Crippen LogP contribution in [-0.2, 0) is 0 Å². The van der Waals surface area contributed by atoms with Gasteiger partial charge >= 0.3 is 0 Å². The number of aromatic nitrogens is 4. The first-order valence-corrected chi connectivity index (χ1v) is 7.64. The van der Waals surface area contributed by atoms with Gasteiger partial charge in [-0.2, -0.15) is 5.10 Å². The lowest BCUT2D eigenvalue weighted by molar-refractivity contribution is 0.597. The highest BCUT2D eigenvalue weighted by Crippen LogP contribution is 2.31. The minimum atomic E-state index is -0.107. The number of hydrogen-bond acceptors (Lipinski definition) is 3. The van der Waals surface area contributed by atoms with Crippen LogP contribution < -0.4 is 0 Å². The lowest BCUT2D eigenvalue weighted by atomic mass is 9.96. The fourth-order valence-corrected chi connectivity index (χ4v) is 3.06. The number of nitrogens with zero attached hydrogens (tertiary/aromatic N) is 4. The summed E-state index contributed by atoms with van der Waals surface area (Å²) in [6, 6.07) is 17.8. The molecule has 1 unspecified atom stereocenters. The van der Waals surface area contributed by atoms with Crippen molar-refractivity contribution in [3.8, 4) is 0 Å². The molecule has 0 bridgehead atoms. The second kappa shape index (κ2) is 5.82. The van der Waals surface area contributed by atoms with Crippen molar-refractivity contribution >= 4 is 22.5 Å². The van der Waals surface area contributed by atoms with Crippen molar-refractivity contribution in [1.82, 2.24) is 19.7 Å². The zero-order valence-corrected chi connectivity index (χ0v) is 12.9. The summed E-state index contributed by atoms with van der Waals surface area (Å²) in [5.41, 5.74) is 3.12. The molecule has 0 aliphatic rings. The Morgan fingerprint density at radius 3 is 2.74 bits per heavy atom. The van der Waals surface area contributed by atoms with E-state index in [-0.39, 0.29) is 6.04 Å². The molecule has 4 nitrogen and oxygen atoms in total. The Morgan fingerprint density at radius 1 is 1.00 bits per heavy atom. The number of fused-ring (bicyclic) bond motifs is 1. The third-order valence-corrected chi connectivity index (χ3v) is 4.08. The molecular weight excluding hydrogens is 308 g/mol. The van der Waals surface area contributed by atoms with E-state index in [2.05, 4.69) is 21.1 Å². The van der Waals surface area contributed by atoms with Gasteiger partial charge in [0, 0.05) is 16.6 Å². The molecule has 0 aliphatic heterocycles. The molecule has 1 atom stereocenters. The number of benzene rings is 2. The van der Waals surface area contributed by atoms with Gasteiger partial charge < -0.3 is 0 Å². The molecule has 0 amide bonds. The second-order valence-electron chi connectivity index (χ2n) is 5.25. The highest BCUT2D eigenvalue weighted by molar-refractivity contribution is 6.30. The summed E-state index contributed by atoms with van der Waals surface area (Å²) < 4.78 is 1.84. The first-order chi connectivity index (χ1) is 11.3. The van der Waals surface area contributed by atoms with E-state index in [4.69, 9.17) is 11.6 Å². The quantitative estimate of drug-likeness (QED) is 0.570. The lowest BCUT2D eigenvalue weighted by Crippen LogP contribution is -2.13. The summed E-state index contributed by atoms with van der Waals surface area (Å²) in [6.45, 7) is 0. The normalized spacial score (nSPS) is 12.4. The van der Waals surface area contributed by atoms with Crippen LogP contribution in [0.4, 0.5) is 0 Å². The molecule has 0 saturated heterocycles. The van der Waals surface area contributed by atoms with Crippen LogP contribution in [0.3, 0.4) is 0 Å². The number of para-hydroxylation sites is 1. The van der Waals surface area contributed by atoms with E-state index in [1.54, 1.807) is 12.7 Å². The smallest absolute Gasteiger partial charge is 0.137 e. The molecule has 0 saturated carbocycles. The van der Waals surface area contributed by atoms with Gasteiger partial charge in [0.15, 0.2) is 0 Å². The molecular formula is C18H13ClN4. The molecule has 112 valence electrons. The van der Waals surface area contributed by atoms with E-state index in [9.17, 15) is 0 Å². The molecule has 2 heterocycles. The Balaban J connectivity index is 1.98. The topological polar surface area (TPSA) is 43.6 Å². The van der Waals surface area contributed by atoms with Crippen molar-refractivity contribution in [2.75, 3.05) is 0 Å². The first-order valence-electron chi connectivity index (χ1n) is 7.26. The Morgan fingerprint density at radius 2 is 1.91 bits per heavy atom. The molecule has 0 spiro atoms. The average Bonchev–Trinajstić information content (AvgIpc) is 3.10. The summed E-state index contributed by atoms with van der Waals surface area (Å²) in [4.78, 5) is 8.55. The number of rotatable bonds is 3. The maximum atomic E-state index is 6.20. The standard InChI is InChI=1S/C18H13ClN4/c19-14-5-3-4-13(10-14)18(23-12-20-11-22-23)16-8-9-21-17-7-2-1-6-15(16)17/h1-12,18H. The number of halogens is 1. The number of pyridine rings is 1. The van der Waals surface area contributed by atoms with E-state index in [1.807, 2.05) is 59.4 Å². The van der Waals surface area contributed by atoms with Gasteiger partial charge in [0.2, 0.25) is 0 Å². The van der Waals surface area contributed by atoms with Crippen LogP contribution >= 0.6 is 11.6 Å². The zero-order chi connectivity index (χ0) is 15.6. The average molecular weight is 321 g/mol. The SMILES string of the molecule is Clc1cccc(C(c2ccnc3ccccc23)n2cncn2)c1. The summed E-state index contributed by atoms with van der Waals surface area (Å²) in [5.74, 6) is 0. The van der Waals surface area contributed by atoms with Crippen LogP contribution in [0, 0.1) is 0 Å². The van der Waals surface area contributed by atoms with E-state index in [0.29, 0.717) is 5.02 Å². The van der Waals surface area contributed by atoms with Gasteiger partial charge in [-0.3, -0.25) is 4.98 Å². The first kappa shape index (κ1) is 13.9. The summed E-state index contributed by atoms with van der Waals surface area (Å²) in [5, 5.41) is 6.14. The molecule has 0 fully saturated rings. The largest absolute Gasteiger partial charge is 0.256 e. The van der Waals surface area contributed by atoms with Crippen molar-refractivity contribution in [2.45, 2.75) is 6.04 Å². The molecule has 0 N–H and O–H groups in total. The molecule has 2 aromatic heterocycles. The van der Waals surface area contributed by atoms with Crippen molar-refractivity contribution in [2.24, 2.45) is 0 Å². The minimum Gasteiger partial charge on any atom is -0.256 e. The Hall–Kier alpha value is -2.72. The summed E-state index contributed by atoms with van der Waals surface area (Å²) in [6.07, 6.45) is 5.09. The monoisotopic (exact) mass is 320 g/mol. The van der Waals surface area contributed by atoms with Gasteiger partial charge in [0.05, 0.1) is 5.52 Å². The highest BCUT2D eigenvalue weighted by Gasteiger charge is 2.20. The number of hydrogen-bond donors (Lipinski definition) is 0. The van der Waals surface area contributed by atoms with Crippen LogP contribution in [0.1, 0.15) is 17.2 Å². The minimum absolute atomic E-state index is 0.107. The second-order valence-corrected chi connectivity index (χ2v) is 5.69. The fourth-order valence-electron chi connectivity index (χ4n) is 2.86. The van der Waals surface area contributed by atoms with Crippen molar-refractivity contribution in [3.05, 3.63) is 89.6 Å². The Kier molecular flexibility index (Phi) is 3.52. The third kappa shape index (κ3) is 2.58. The van der Waals surface area contributed by atoms with E-state index < -0.39 is 0 Å².